The van der Waals surface area contributed by atoms with Gasteiger partial charge in [-0.1, -0.05) is 6.42 Å². The van der Waals surface area contributed by atoms with E-state index in [9.17, 15) is 0 Å². The van der Waals surface area contributed by atoms with Gasteiger partial charge in [0.1, 0.15) is 5.76 Å². The topological polar surface area (TPSA) is 19.6 Å². The lowest BCUT2D eigenvalue weighted by atomic mass is 9.97. The first kappa shape index (κ1) is 13.2. The van der Waals surface area contributed by atoms with Crippen molar-refractivity contribution in [1.29, 1.82) is 0 Å². The predicted octanol–water partition coefficient (Wildman–Crippen LogP) is 2.77. The highest BCUT2D eigenvalue weighted by atomic mass is 16.3. The molecular weight excluding hydrogens is 236 g/mol. The average Bonchev–Trinajstić information content (AvgIpc) is 2.87. The minimum atomic E-state index is 0.809. The average molecular weight is 262 g/mol. The number of likely N-dealkylation sites (tertiary alicyclic amines) is 2. The minimum Gasteiger partial charge on any atom is -0.469 e. The van der Waals surface area contributed by atoms with Crippen LogP contribution in [0.5, 0.6) is 0 Å². The Morgan fingerprint density at radius 3 is 2.95 bits per heavy atom. The van der Waals surface area contributed by atoms with E-state index in [1.54, 1.807) is 6.26 Å². The highest BCUT2D eigenvalue weighted by Gasteiger charge is 2.34. The van der Waals surface area contributed by atoms with Gasteiger partial charge in [-0.15, -0.1) is 0 Å². The van der Waals surface area contributed by atoms with E-state index in [4.69, 9.17) is 4.42 Å². The summed E-state index contributed by atoms with van der Waals surface area (Å²) in [6.07, 6.45) is 8.29. The maximum Gasteiger partial charge on any atom is 0.103 e. The smallest absolute Gasteiger partial charge is 0.103 e. The summed E-state index contributed by atoms with van der Waals surface area (Å²) in [6, 6.07) is 5.70. The molecular formula is C16H26N2O. The van der Waals surface area contributed by atoms with Crippen molar-refractivity contribution < 1.29 is 4.42 Å². The molecule has 1 aromatic rings. The molecule has 0 N–H and O–H groups in total. The van der Waals surface area contributed by atoms with Crippen LogP contribution in [0.2, 0.25) is 0 Å². The summed E-state index contributed by atoms with van der Waals surface area (Å²) in [6.45, 7) is 7.51. The number of hydrogen-bond acceptors (Lipinski definition) is 3. The van der Waals surface area contributed by atoms with Crippen molar-refractivity contribution in [2.45, 2.75) is 51.1 Å². The van der Waals surface area contributed by atoms with E-state index in [0.717, 1.165) is 24.3 Å². The second kappa shape index (κ2) is 6.10. The lowest BCUT2D eigenvalue weighted by Crippen LogP contribution is -2.62. The Morgan fingerprint density at radius 2 is 2.21 bits per heavy atom. The van der Waals surface area contributed by atoms with Crippen LogP contribution in [-0.2, 0) is 6.42 Å². The molecule has 0 aliphatic carbocycles. The zero-order valence-electron chi connectivity index (χ0n) is 12.1. The molecule has 0 spiro atoms. The maximum absolute atomic E-state index is 5.37. The van der Waals surface area contributed by atoms with Gasteiger partial charge in [0.25, 0.3) is 0 Å². The highest BCUT2D eigenvalue weighted by molar-refractivity contribution is 4.98. The van der Waals surface area contributed by atoms with Gasteiger partial charge in [0.15, 0.2) is 0 Å². The molecule has 0 saturated carbocycles. The summed E-state index contributed by atoms with van der Waals surface area (Å²) in [5.74, 6) is 1.13. The first-order chi connectivity index (χ1) is 9.33. The summed E-state index contributed by atoms with van der Waals surface area (Å²) in [5, 5.41) is 0. The summed E-state index contributed by atoms with van der Waals surface area (Å²) in [5.41, 5.74) is 0. The van der Waals surface area contributed by atoms with Gasteiger partial charge in [0.2, 0.25) is 0 Å². The van der Waals surface area contributed by atoms with Crippen LogP contribution < -0.4 is 0 Å². The van der Waals surface area contributed by atoms with Crippen LogP contribution in [0.1, 0.15) is 38.4 Å². The van der Waals surface area contributed by atoms with Crippen LogP contribution in [0.3, 0.4) is 0 Å². The Morgan fingerprint density at radius 1 is 1.32 bits per heavy atom. The van der Waals surface area contributed by atoms with E-state index in [0.29, 0.717) is 0 Å². The quantitative estimate of drug-likeness (QED) is 0.813. The Hall–Kier alpha value is -0.800. The molecule has 0 bridgehead atoms. The molecule has 106 valence electrons. The van der Waals surface area contributed by atoms with Crippen LogP contribution in [0.25, 0.3) is 0 Å². The number of furan rings is 1. The molecule has 0 unspecified atom stereocenters. The molecule has 3 nitrogen and oxygen atoms in total. The van der Waals surface area contributed by atoms with E-state index >= 15 is 0 Å². The molecule has 19 heavy (non-hydrogen) atoms. The summed E-state index contributed by atoms with van der Waals surface area (Å²) < 4.78 is 5.37. The molecule has 1 aromatic heterocycles. The standard InChI is InChI=1S/C16H26N2O/c1-14-6-2-3-10-18(14)15-12-17(13-15)9-4-7-16-8-5-11-19-16/h5,8,11,14-15H,2-4,6-7,9-10,12-13H2,1H3/t14-/m0/s1. The third-order valence-corrected chi connectivity index (χ3v) is 4.74. The first-order valence-electron chi connectivity index (χ1n) is 7.83. The Bertz CT molecular complexity index is 370. The lowest BCUT2D eigenvalue weighted by Gasteiger charge is -2.49. The Labute approximate surface area is 116 Å². The summed E-state index contributed by atoms with van der Waals surface area (Å²) in [4.78, 5) is 5.33. The number of hydrogen-bond donors (Lipinski definition) is 0. The fraction of sp³-hybridized carbons (Fsp3) is 0.750. The monoisotopic (exact) mass is 262 g/mol. The maximum atomic E-state index is 5.37. The van der Waals surface area contributed by atoms with Crippen molar-refractivity contribution in [2.75, 3.05) is 26.2 Å². The number of aryl methyl sites for hydroxylation is 1. The van der Waals surface area contributed by atoms with Crippen molar-refractivity contribution in [2.24, 2.45) is 0 Å². The van der Waals surface area contributed by atoms with Gasteiger partial charge >= 0.3 is 0 Å². The van der Waals surface area contributed by atoms with E-state index in [-0.39, 0.29) is 0 Å². The molecule has 2 aliphatic heterocycles. The molecule has 0 aromatic carbocycles. The van der Waals surface area contributed by atoms with Crippen LogP contribution >= 0.6 is 0 Å². The first-order valence-corrected chi connectivity index (χ1v) is 7.83. The fourth-order valence-corrected chi connectivity index (χ4v) is 3.53. The van der Waals surface area contributed by atoms with Gasteiger partial charge < -0.3 is 9.32 Å². The SMILES string of the molecule is C[C@H]1CCCCN1C1CN(CCCc2ccco2)C1. The van der Waals surface area contributed by atoms with Crippen LogP contribution in [0, 0.1) is 0 Å². The minimum absolute atomic E-state index is 0.809. The molecule has 3 heterocycles. The Kier molecular flexibility index (Phi) is 4.24. The van der Waals surface area contributed by atoms with Crippen molar-refractivity contribution in [3.05, 3.63) is 24.2 Å². The molecule has 3 heteroatoms. The molecule has 2 fully saturated rings. The number of piperidine rings is 1. The van der Waals surface area contributed by atoms with E-state index in [2.05, 4.69) is 22.8 Å². The number of nitrogens with zero attached hydrogens (tertiary/aromatic N) is 2. The number of rotatable bonds is 5. The van der Waals surface area contributed by atoms with Crippen LogP contribution in [0.15, 0.2) is 22.8 Å². The van der Waals surface area contributed by atoms with Gasteiger partial charge in [-0.05, 0) is 51.4 Å². The van der Waals surface area contributed by atoms with Gasteiger partial charge in [0.05, 0.1) is 6.26 Å². The van der Waals surface area contributed by atoms with Crippen molar-refractivity contribution >= 4 is 0 Å². The second-order valence-corrected chi connectivity index (χ2v) is 6.18. The van der Waals surface area contributed by atoms with Crippen LogP contribution in [-0.4, -0.2) is 48.1 Å². The van der Waals surface area contributed by atoms with Crippen LogP contribution in [0.4, 0.5) is 0 Å². The van der Waals surface area contributed by atoms with Gasteiger partial charge in [-0.25, -0.2) is 0 Å². The van der Waals surface area contributed by atoms with Gasteiger partial charge in [-0.3, -0.25) is 4.90 Å². The van der Waals surface area contributed by atoms with Gasteiger partial charge in [-0.2, -0.15) is 0 Å². The molecule has 1 atom stereocenters. The molecule has 0 radical (unpaired) electrons. The fourth-order valence-electron chi connectivity index (χ4n) is 3.53. The highest BCUT2D eigenvalue weighted by Crippen LogP contribution is 2.24. The zero-order valence-corrected chi connectivity index (χ0v) is 12.1. The Balaban J connectivity index is 1.34. The van der Waals surface area contributed by atoms with Crippen molar-refractivity contribution in [3.63, 3.8) is 0 Å². The molecule has 2 saturated heterocycles. The van der Waals surface area contributed by atoms with E-state index in [1.807, 2.05) is 6.07 Å². The zero-order chi connectivity index (χ0) is 13.1. The van der Waals surface area contributed by atoms with Crippen molar-refractivity contribution in [1.82, 2.24) is 9.80 Å². The normalized spacial score (nSPS) is 26.5. The third-order valence-electron chi connectivity index (χ3n) is 4.74. The lowest BCUT2D eigenvalue weighted by molar-refractivity contribution is -0.00255. The molecule has 3 rings (SSSR count). The van der Waals surface area contributed by atoms with E-state index < -0.39 is 0 Å². The second-order valence-electron chi connectivity index (χ2n) is 6.18. The largest absolute Gasteiger partial charge is 0.469 e. The molecule has 0 amide bonds. The van der Waals surface area contributed by atoms with E-state index in [1.165, 1.54) is 51.9 Å². The molecule has 2 aliphatic rings. The van der Waals surface area contributed by atoms with Gasteiger partial charge in [0, 0.05) is 31.6 Å². The third kappa shape index (κ3) is 3.21. The van der Waals surface area contributed by atoms with Crippen molar-refractivity contribution in [3.8, 4) is 0 Å². The predicted molar refractivity (Wildman–Crippen MR) is 77.3 cm³/mol. The summed E-state index contributed by atoms with van der Waals surface area (Å²) in [7, 11) is 0. The summed E-state index contributed by atoms with van der Waals surface area (Å²) >= 11 is 0.